The number of halogens is 1. The molecule has 0 heterocycles. The van der Waals surface area contributed by atoms with Gasteiger partial charge in [0.05, 0.1) is 6.67 Å². The zero-order chi connectivity index (χ0) is 4.83. The summed E-state index contributed by atoms with van der Waals surface area (Å²) in [5.41, 5.74) is 0. The van der Waals surface area contributed by atoms with Crippen molar-refractivity contribution in [3.63, 3.8) is 0 Å². The summed E-state index contributed by atoms with van der Waals surface area (Å²) in [6.07, 6.45) is 3.79. The molecule has 0 spiro atoms. The first-order chi connectivity index (χ1) is 2.91. The molecule has 1 radical (unpaired) electrons. The number of alkyl halides is 1. The van der Waals surface area contributed by atoms with Crippen LogP contribution in [0.5, 0.6) is 0 Å². The van der Waals surface area contributed by atoms with Crippen LogP contribution < -0.4 is 0 Å². The Morgan fingerprint density at radius 3 is 2.50 bits per heavy atom. The first-order valence-electron chi connectivity index (χ1n) is 1.92. The Hall–Kier alpha value is -0.330. The summed E-state index contributed by atoms with van der Waals surface area (Å²) < 4.78 is 11.1. The van der Waals surface area contributed by atoms with Gasteiger partial charge in [-0.15, -0.1) is 0 Å². The Kier molecular flexibility index (Phi) is 4.41. The van der Waals surface area contributed by atoms with Crippen molar-refractivity contribution >= 4 is 0 Å². The molecule has 35 valence electrons. The summed E-state index contributed by atoms with van der Waals surface area (Å²) in [4.78, 5) is 0. The van der Waals surface area contributed by atoms with Crippen LogP contribution in [0.4, 0.5) is 4.39 Å². The largest absolute Gasteiger partial charge is 0.251 e. The Balaban J connectivity index is 2.66. The Morgan fingerprint density at radius 1 is 1.67 bits per heavy atom. The van der Waals surface area contributed by atoms with Gasteiger partial charge in [0.2, 0.25) is 0 Å². The van der Waals surface area contributed by atoms with Gasteiger partial charge in [0, 0.05) is 0 Å². The van der Waals surface area contributed by atoms with E-state index in [0.29, 0.717) is 6.42 Å². The van der Waals surface area contributed by atoms with Crippen molar-refractivity contribution in [1.29, 1.82) is 0 Å². The molecule has 1 heteroatoms. The van der Waals surface area contributed by atoms with E-state index in [2.05, 4.69) is 6.92 Å². The van der Waals surface area contributed by atoms with Crippen LogP contribution in [0.1, 0.15) is 6.42 Å². The molecule has 0 amide bonds. The molecule has 0 saturated heterocycles. The van der Waals surface area contributed by atoms with Crippen molar-refractivity contribution in [2.75, 3.05) is 6.67 Å². The highest BCUT2D eigenvalue weighted by Crippen LogP contribution is 1.80. The van der Waals surface area contributed by atoms with Gasteiger partial charge in [-0.05, 0) is 13.3 Å². The molecule has 0 aromatic heterocycles. The maximum Gasteiger partial charge on any atom is 0.0928 e. The first-order valence-corrected chi connectivity index (χ1v) is 1.92. The minimum absolute atomic E-state index is 0.272. The van der Waals surface area contributed by atoms with Crippen LogP contribution in [-0.2, 0) is 0 Å². The normalized spacial score (nSPS) is 10.3. The Labute approximate surface area is 37.7 Å². The summed E-state index contributed by atoms with van der Waals surface area (Å²) in [7, 11) is 0. The molecular weight excluding hydrogens is 79.1 g/mol. The fourth-order valence-corrected chi connectivity index (χ4v) is 0.181. The molecule has 0 bridgehead atoms. The summed E-state index contributed by atoms with van der Waals surface area (Å²) in [5, 5.41) is 0. The van der Waals surface area contributed by atoms with Gasteiger partial charge in [0.25, 0.3) is 0 Å². The second-order valence-corrected chi connectivity index (χ2v) is 0.949. The zero-order valence-electron chi connectivity index (χ0n) is 3.65. The fourth-order valence-electron chi connectivity index (χ4n) is 0.181. The highest BCUT2D eigenvalue weighted by Gasteiger charge is 1.68. The molecule has 0 nitrogen and oxygen atoms in total. The smallest absolute Gasteiger partial charge is 0.0928 e. The third kappa shape index (κ3) is 3.67. The average molecular weight is 87.1 g/mol. The van der Waals surface area contributed by atoms with Gasteiger partial charge in [0.15, 0.2) is 0 Å². The summed E-state index contributed by atoms with van der Waals surface area (Å²) in [6, 6.07) is 0. The number of hydrogen-bond acceptors (Lipinski definition) is 0. The predicted molar refractivity (Wildman–Crippen MR) is 25.1 cm³/mol. The van der Waals surface area contributed by atoms with Crippen LogP contribution in [0.25, 0.3) is 0 Å². The van der Waals surface area contributed by atoms with E-state index >= 15 is 0 Å². The standard InChI is InChI=1S/C5H8F/c1-2-3-4-5-6/h2-3H,1,4-5H2/b3-2+. The zero-order valence-corrected chi connectivity index (χ0v) is 3.65. The van der Waals surface area contributed by atoms with Crippen molar-refractivity contribution in [3.8, 4) is 0 Å². The van der Waals surface area contributed by atoms with Crippen molar-refractivity contribution < 1.29 is 4.39 Å². The van der Waals surface area contributed by atoms with E-state index in [4.69, 9.17) is 0 Å². The van der Waals surface area contributed by atoms with Gasteiger partial charge in [-0.2, -0.15) is 0 Å². The molecule has 0 aliphatic carbocycles. The molecule has 0 aromatic carbocycles. The monoisotopic (exact) mass is 87.1 g/mol. The lowest BCUT2D eigenvalue weighted by molar-refractivity contribution is 0.501. The van der Waals surface area contributed by atoms with E-state index in [9.17, 15) is 4.39 Å². The van der Waals surface area contributed by atoms with Gasteiger partial charge in [-0.25, -0.2) is 0 Å². The Bertz CT molecular complexity index is 39.2. The molecule has 0 aliphatic rings. The molecule has 0 fully saturated rings. The minimum Gasteiger partial charge on any atom is -0.251 e. The van der Waals surface area contributed by atoms with Crippen LogP contribution in [-0.4, -0.2) is 6.67 Å². The number of hydrogen-bond donors (Lipinski definition) is 0. The molecule has 0 rings (SSSR count). The molecule has 0 aliphatic heterocycles. The lowest BCUT2D eigenvalue weighted by atomic mass is 10.4. The van der Waals surface area contributed by atoms with E-state index in [1.165, 1.54) is 0 Å². The van der Waals surface area contributed by atoms with Gasteiger partial charge < -0.3 is 0 Å². The average Bonchev–Trinajstić information content (AvgIpc) is 1.61. The van der Waals surface area contributed by atoms with Gasteiger partial charge in [-0.3, -0.25) is 4.39 Å². The third-order valence-electron chi connectivity index (χ3n) is 0.442. The molecule has 0 aromatic rings. The SMILES string of the molecule is [CH2]/C=C/CCF. The quantitative estimate of drug-likeness (QED) is 0.481. The van der Waals surface area contributed by atoms with Crippen molar-refractivity contribution in [3.05, 3.63) is 19.1 Å². The Morgan fingerprint density at radius 2 is 2.33 bits per heavy atom. The van der Waals surface area contributed by atoms with Crippen LogP contribution in [0.3, 0.4) is 0 Å². The highest BCUT2D eigenvalue weighted by atomic mass is 19.1. The van der Waals surface area contributed by atoms with Crippen molar-refractivity contribution in [2.45, 2.75) is 6.42 Å². The molecule has 6 heavy (non-hydrogen) atoms. The third-order valence-corrected chi connectivity index (χ3v) is 0.442. The predicted octanol–water partition coefficient (Wildman–Crippen LogP) is 1.74. The van der Waals surface area contributed by atoms with Crippen LogP contribution in [0.15, 0.2) is 12.2 Å². The highest BCUT2D eigenvalue weighted by molar-refractivity contribution is 4.82. The molecular formula is C5H8F. The van der Waals surface area contributed by atoms with E-state index < -0.39 is 0 Å². The van der Waals surface area contributed by atoms with Gasteiger partial charge in [0.1, 0.15) is 0 Å². The number of allylic oxidation sites excluding steroid dienone is 2. The molecule has 0 atom stereocenters. The topological polar surface area (TPSA) is 0 Å². The summed E-state index contributed by atoms with van der Waals surface area (Å²) in [5.74, 6) is 0. The van der Waals surface area contributed by atoms with E-state index in [1.807, 2.05) is 0 Å². The lowest BCUT2D eigenvalue weighted by Crippen LogP contribution is -1.64. The van der Waals surface area contributed by atoms with Gasteiger partial charge >= 0.3 is 0 Å². The molecule has 0 unspecified atom stereocenters. The summed E-state index contributed by atoms with van der Waals surface area (Å²) in [6.45, 7) is 3.10. The second-order valence-electron chi connectivity index (χ2n) is 0.949. The van der Waals surface area contributed by atoms with E-state index in [-0.39, 0.29) is 6.67 Å². The van der Waals surface area contributed by atoms with Crippen molar-refractivity contribution in [1.82, 2.24) is 0 Å². The van der Waals surface area contributed by atoms with Crippen LogP contribution in [0, 0.1) is 6.92 Å². The van der Waals surface area contributed by atoms with E-state index in [0.717, 1.165) is 0 Å². The maximum absolute atomic E-state index is 11.1. The molecule has 0 N–H and O–H groups in total. The van der Waals surface area contributed by atoms with Crippen LogP contribution in [0.2, 0.25) is 0 Å². The second kappa shape index (κ2) is 4.67. The lowest BCUT2D eigenvalue weighted by Gasteiger charge is -1.73. The fraction of sp³-hybridized carbons (Fsp3) is 0.400. The van der Waals surface area contributed by atoms with Crippen LogP contribution >= 0.6 is 0 Å². The van der Waals surface area contributed by atoms with Crippen molar-refractivity contribution in [2.24, 2.45) is 0 Å². The maximum atomic E-state index is 11.1. The summed E-state index contributed by atoms with van der Waals surface area (Å²) >= 11 is 0. The number of rotatable bonds is 2. The van der Waals surface area contributed by atoms with E-state index in [1.54, 1.807) is 12.2 Å². The van der Waals surface area contributed by atoms with Gasteiger partial charge in [-0.1, -0.05) is 12.2 Å². The minimum atomic E-state index is -0.272. The first kappa shape index (κ1) is 5.67. The molecule has 0 saturated carbocycles.